The van der Waals surface area contributed by atoms with E-state index < -0.39 is 11.9 Å². The number of hydrogen-bond donors (Lipinski definition) is 1. The number of aromatic nitrogens is 2. The number of aryl methyl sites for hydroxylation is 1. The van der Waals surface area contributed by atoms with Gasteiger partial charge in [-0.3, -0.25) is 4.68 Å². The molecule has 0 radical (unpaired) electrons. The zero-order valence-electron chi connectivity index (χ0n) is 11.6. The Balaban J connectivity index is 2.27. The minimum atomic E-state index is -1.23. The molecule has 1 heterocycles. The van der Waals surface area contributed by atoms with Crippen molar-refractivity contribution in [1.82, 2.24) is 9.78 Å². The van der Waals surface area contributed by atoms with Crippen LogP contribution in [0.15, 0.2) is 30.5 Å². The van der Waals surface area contributed by atoms with E-state index in [9.17, 15) is 9.59 Å². The Kier molecular flexibility index (Phi) is 4.22. The van der Waals surface area contributed by atoms with Crippen LogP contribution in [-0.4, -0.2) is 33.9 Å². The van der Waals surface area contributed by atoms with Gasteiger partial charge in [0.1, 0.15) is 17.1 Å². The zero-order chi connectivity index (χ0) is 15.4. The summed E-state index contributed by atoms with van der Waals surface area (Å²) in [7, 11) is 1.53. The molecule has 2 rings (SSSR count). The molecule has 0 spiro atoms. The molecule has 1 N–H and O–H groups in total. The number of methoxy groups -OCH3 is 1. The standard InChI is InChI=1S/C14H14N2O5/c1-3-16-12(11(8-15-16)13(17)18)14(19)21-10-6-4-9(20-2)5-7-10/h4-8H,3H2,1-2H3,(H,17,18). The van der Waals surface area contributed by atoms with Gasteiger partial charge in [0.15, 0.2) is 5.69 Å². The molecule has 110 valence electrons. The van der Waals surface area contributed by atoms with Crippen LogP contribution in [0.5, 0.6) is 11.5 Å². The number of carbonyl (C=O) groups is 2. The summed E-state index contributed by atoms with van der Waals surface area (Å²) in [6.07, 6.45) is 1.14. The lowest BCUT2D eigenvalue weighted by atomic mass is 10.2. The van der Waals surface area contributed by atoms with Gasteiger partial charge in [-0.1, -0.05) is 0 Å². The van der Waals surface area contributed by atoms with Crippen LogP contribution in [0.3, 0.4) is 0 Å². The van der Waals surface area contributed by atoms with E-state index in [2.05, 4.69) is 5.10 Å². The van der Waals surface area contributed by atoms with Crippen LogP contribution >= 0.6 is 0 Å². The number of rotatable bonds is 5. The maximum absolute atomic E-state index is 12.2. The summed E-state index contributed by atoms with van der Waals surface area (Å²) in [6, 6.07) is 6.39. The third-order valence-corrected chi connectivity index (χ3v) is 2.83. The highest BCUT2D eigenvalue weighted by atomic mass is 16.5. The number of ether oxygens (including phenoxy) is 2. The van der Waals surface area contributed by atoms with Gasteiger partial charge in [0, 0.05) is 6.54 Å². The van der Waals surface area contributed by atoms with Crippen molar-refractivity contribution in [3.05, 3.63) is 41.7 Å². The van der Waals surface area contributed by atoms with Crippen LogP contribution in [0.4, 0.5) is 0 Å². The van der Waals surface area contributed by atoms with Crippen LogP contribution < -0.4 is 9.47 Å². The molecule has 7 nitrogen and oxygen atoms in total. The summed E-state index contributed by atoms with van der Waals surface area (Å²) in [5, 5.41) is 12.9. The number of hydrogen-bond acceptors (Lipinski definition) is 5. The SMILES string of the molecule is CCn1ncc(C(=O)O)c1C(=O)Oc1ccc(OC)cc1. The number of nitrogens with zero attached hydrogens (tertiary/aromatic N) is 2. The quantitative estimate of drug-likeness (QED) is 0.667. The van der Waals surface area contributed by atoms with Gasteiger partial charge in [0.2, 0.25) is 0 Å². The maximum atomic E-state index is 12.2. The Morgan fingerprint density at radius 1 is 1.24 bits per heavy atom. The first kappa shape index (κ1) is 14.6. The average molecular weight is 290 g/mol. The van der Waals surface area contributed by atoms with Crippen LogP contribution in [0.1, 0.15) is 27.8 Å². The second-order valence-electron chi connectivity index (χ2n) is 4.09. The van der Waals surface area contributed by atoms with Crippen molar-refractivity contribution in [2.75, 3.05) is 7.11 Å². The third kappa shape index (κ3) is 3.02. The molecule has 1 aromatic carbocycles. The molecule has 0 aliphatic carbocycles. The summed E-state index contributed by atoms with van der Waals surface area (Å²) in [5.41, 5.74) is -0.267. The van der Waals surface area contributed by atoms with Crippen molar-refractivity contribution in [2.45, 2.75) is 13.5 Å². The molecule has 21 heavy (non-hydrogen) atoms. The molecule has 0 unspecified atom stereocenters. The molecular weight excluding hydrogens is 276 g/mol. The first-order valence-corrected chi connectivity index (χ1v) is 6.22. The summed E-state index contributed by atoms with van der Waals surface area (Å²) in [6.45, 7) is 2.11. The molecule has 0 saturated carbocycles. The zero-order valence-corrected chi connectivity index (χ0v) is 11.6. The van der Waals surface area contributed by atoms with Gasteiger partial charge < -0.3 is 14.6 Å². The molecule has 0 aliphatic heterocycles. The molecule has 0 bridgehead atoms. The van der Waals surface area contributed by atoms with E-state index in [-0.39, 0.29) is 11.3 Å². The second-order valence-corrected chi connectivity index (χ2v) is 4.09. The van der Waals surface area contributed by atoms with E-state index in [0.29, 0.717) is 18.0 Å². The van der Waals surface area contributed by atoms with Crippen LogP contribution in [0.25, 0.3) is 0 Å². The number of esters is 1. The van der Waals surface area contributed by atoms with Crippen LogP contribution in [0.2, 0.25) is 0 Å². The monoisotopic (exact) mass is 290 g/mol. The second kappa shape index (κ2) is 6.08. The van der Waals surface area contributed by atoms with E-state index in [0.717, 1.165) is 6.20 Å². The van der Waals surface area contributed by atoms with E-state index in [1.807, 2.05) is 0 Å². The van der Waals surface area contributed by atoms with Gasteiger partial charge >= 0.3 is 11.9 Å². The molecule has 7 heteroatoms. The highest BCUT2D eigenvalue weighted by Gasteiger charge is 2.24. The lowest BCUT2D eigenvalue weighted by molar-refractivity contribution is 0.0662. The van der Waals surface area contributed by atoms with Crippen molar-refractivity contribution in [3.8, 4) is 11.5 Å². The molecule has 0 fully saturated rings. The summed E-state index contributed by atoms with van der Waals surface area (Å²) < 4.78 is 11.5. The Morgan fingerprint density at radius 2 is 1.86 bits per heavy atom. The largest absolute Gasteiger partial charge is 0.497 e. The number of benzene rings is 1. The first-order valence-electron chi connectivity index (χ1n) is 6.22. The number of carbonyl (C=O) groups excluding carboxylic acids is 1. The highest BCUT2D eigenvalue weighted by Crippen LogP contribution is 2.19. The van der Waals surface area contributed by atoms with Crippen molar-refractivity contribution in [1.29, 1.82) is 0 Å². The Bertz CT molecular complexity index is 661. The fourth-order valence-electron chi connectivity index (χ4n) is 1.80. The minimum Gasteiger partial charge on any atom is -0.497 e. The van der Waals surface area contributed by atoms with Crippen molar-refractivity contribution < 1.29 is 24.2 Å². The Morgan fingerprint density at radius 3 is 2.38 bits per heavy atom. The van der Waals surface area contributed by atoms with Gasteiger partial charge in [-0.05, 0) is 31.2 Å². The van der Waals surface area contributed by atoms with Gasteiger partial charge in [-0.25, -0.2) is 9.59 Å². The lowest BCUT2D eigenvalue weighted by Crippen LogP contribution is -2.18. The summed E-state index contributed by atoms with van der Waals surface area (Å²) in [4.78, 5) is 23.3. The molecule has 2 aromatic rings. The van der Waals surface area contributed by atoms with Crippen molar-refractivity contribution >= 4 is 11.9 Å². The van der Waals surface area contributed by atoms with E-state index in [4.69, 9.17) is 14.6 Å². The maximum Gasteiger partial charge on any atom is 0.362 e. The van der Waals surface area contributed by atoms with E-state index in [1.54, 1.807) is 31.2 Å². The topological polar surface area (TPSA) is 90.7 Å². The normalized spacial score (nSPS) is 10.2. The molecule has 0 atom stereocenters. The van der Waals surface area contributed by atoms with Gasteiger partial charge in [-0.2, -0.15) is 5.10 Å². The van der Waals surface area contributed by atoms with Crippen LogP contribution in [-0.2, 0) is 6.54 Å². The van der Waals surface area contributed by atoms with Crippen LogP contribution in [0, 0.1) is 0 Å². The predicted octanol–water partition coefficient (Wildman–Crippen LogP) is 1.83. The molecule has 0 aliphatic rings. The molecule has 0 amide bonds. The van der Waals surface area contributed by atoms with E-state index in [1.165, 1.54) is 11.8 Å². The van der Waals surface area contributed by atoms with Gasteiger partial charge in [0.05, 0.1) is 13.3 Å². The first-order chi connectivity index (χ1) is 10.1. The third-order valence-electron chi connectivity index (χ3n) is 2.83. The van der Waals surface area contributed by atoms with Crippen molar-refractivity contribution in [2.24, 2.45) is 0 Å². The Hall–Kier alpha value is -2.83. The summed E-state index contributed by atoms with van der Waals surface area (Å²) in [5.74, 6) is -1.08. The average Bonchev–Trinajstić information content (AvgIpc) is 2.92. The van der Waals surface area contributed by atoms with Crippen molar-refractivity contribution in [3.63, 3.8) is 0 Å². The van der Waals surface area contributed by atoms with Gasteiger partial charge in [0.25, 0.3) is 0 Å². The Labute approximate surface area is 120 Å². The van der Waals surface area contributed by atoms with E-state index >= 15 is 0 Å². The fraction of sp³-hybridized carbons (Fsp3) is 0.214. The van der Waals surface area contributed by atoms with Gasteiger partial charge in [-0.15, -0.1) is 0 Å². The number of carboxylic acid groups (broad SMARTS) is 1. The lowest BCUT2D eigenvalue weighted by Gasteiger charge is -2.07. The number of carboxylic acids is 1. The predicted molar refractivity (Wildman–Crippen MR) is 72.8 cm³/mol. The highest BCUT2D eigenvalue weighted by molar-refractivity contribution is 6.01. The number of aromatic carboxylic acids is 1. The smallest absolute Gasteiger partial charge is 0.362 e. The molecular formula is C14H14N2O5. The molecule has 0 saturated heterocycles. The fourth-order valence-corrected chi connectivity index (χ4v) is 1.80. The minimum absolute atomic E-state index is 0.0826. The summed E-state index contributed by atoms with van der Waals surface area (Å²) >= 11 is 0. The molecule has 1 aromatic heterocycles.